The molecule has 0 aromatic rings. The lowest BCUT2D eigenvalue weighted by Crippen LogP contribution is -2.41. The van der Waals surface area contributed by atoms with E-state index in [0.29, 0.717) is 18.5 Å². The summed E-state index contributed by atoms with van der Waals surface area (Å²) >= 11 is 0. The molecule has 0 aromatic heterocycles. The van der Waals surface area contributed by atoms with Gasteiger partial charge >= 0.3 is 0 Å². The number of nitrogens with zero attached hydrogens (tertiary/aromatic N) is 1. The van der Waals surface area contributed by atoms with E-state index in [1.54, 1.807) is 0 Å². The van der Waals surface area contributed by atoms with Crippen LogP contribution in [0.5, 0.6) is 0 Å². The zero-order valence-corrected chi connectivity index (χ0v) is 10.2. The fourth-order valence-corrected chi connectivity index (χ4v) is 3.34. The van der Waals surface area contributed by atoms with Crippen molar-refractivity contribution in [3.05, 3.63) is 0 Å². The molecule has 0 bridgehead atoms. The first kappa shape index (κ1) is 12.3. The second kappa shape index (κ2) is 5.00. The fraction of sp³-hybridized carbons (Fsp3) is 1.00. The maximum absolute atomic E-state index is 9.55. The third kappa shape index (κ3) is 2.56. The van der Waals surface area contributed by atoms with Gasteiger partial charge in [0.2, 0.25) is 0 Å². The highest BCUT2D eigenvalue weighted by Crippen LogP contribution is 2.38. The van der Waals surface area contributed by atoms with Crippen LogP contribution in [-0.4, -0.2) is 60.5 Å². The van der Waals surface area contributed by atoms with Crippen LogP contribution in [0.4, 0.5) is 0 Å². The Hall–Kier alpha value is -0.160. The number of hydrogen-bond acceptors (Lipinski definition) is 4. The largest absolute Gasteiger partial charge is 0.389 e. The van der Waals surface area contributed by atoms with E-state index in [9.17, 15) is 10.2 Å². The SMILES string of the molecule is CNCC1(CN2CC(O)C(O)C2)CCCC1. The number of nitrogens with one attached hydrogen (secondary N) is 1. The molecule has 1 aliphatic heterocycles. The highest BCUT2D eigenvalue weighted by molar-refractivity contribution is 4.93. The van der Waals surface area contributed by atoms with Crippen LogP contribution in [0, 0.1) is 5.41 Å². The summed E-state index contributed by atoms with van der Waals surface area (Å²) in [6.45, 7) is 3.33. The summed E-state index contributed by atoms with van der Waals surface area (Å²) in [6.07, 6.45) is 4.09. The molecule has 0 radical (unpaired) electrons. The van der Waals surface area contributed by atoms with Crippen LogP contribution >= 0.6 is 0 Å². The lowest BCUT2D eigenvalue weighted by atomic mass is 9.85. The Balaban J connectivity index is 1.91. The van der Waals surface area contributed by atoms with Gasteiger partial charge < -0.3 is 15.5 Å². The molecule has 16 heavy (non-hydrogen) atoms. The van der Waals surface area contributed by atoms with Crippen LogP contribution in [0.1, 0.15) is 25.7 Å². The molecule has 0 spiro atoms. The summed E-state index contributed by atoms with van der Waals surface area (Å²) in [6, 6.07) is 0. The quantitative estimate of drug-likeness (QED) is 0.624. The average Bonchev–Trinajstić information content (AvgIpc) is 2.77. The monoisotopic (exact) mass is 228 g/mol. The Morgan fingerprint density at radius 2 is 1.75 bits per heavy atom. The van der Waals surface area contributed by atoms with Crippen molar-refractivity contribution >= 4 is 0 Å². The minimum absolute atomic E-state index is 0.374. The van der Waals surface area contributed by atoms with Gasteiger partial charge in [0.05, 0.1) is 12.2 Å². The van der Waals surface area contributed by atoms with Gasteiger partial charge in [-0.05, 0) is 25.3 Å². The molecule has 1 saturated carbocycles. The van der Waals surface area contributed by atoms with Crippen molar-refractivity contribution in [1.29, 1.82) is 0 Å². The van der Waals surface area contributed by atoms with Crippen LogP contribution in [0.3, 0.4) is 0 Å². The molecule has 2 atom stereocenters. The lowest BCUT2D eigenvalue weighted by molar-refractivity contribution is 0.0572. The molecular weight excluding hydrogens is 204 g/mol. The lowest BCUT2D eigenvalue weighted by Gasteiger charge is -2.33. The molecule has 94 valence electrons. The molecule has 3 N–H and O–H groups in total. The van der Waals surface area contributed by atoms with Crippen LogP contribution in [0.2, 0.25) is 0 Å². The van der Waals surface area contributed by atoms with Crippen molar-refractivity contribution in [3.8, 4) is 0 Å². The van der Waals surface area contributed by atoms with Crippen LogP contribution in [0.25, 0.3) is 0 Å². The molecule has 0 aromatic carbocycles. The Kier molecular flexibility index (Phi) is 3.85. The Morgan fingerprint density at radius 3 is 2.25 bits per heavy atom. The summed E-state index contributed by atoms with van der Waals surface area (Å²) in [4.78, 5) is 2.22. The van der Waals surface area contributed by atoms with E-state index in [1.807, 2.05) is 7.05 Å². The molecule has 1 saturated heterocycles. The van der Waals surface area contributed by atoms with Crippen LogP contribution < -0.4 is 5.32 Å². The number of aliphatic hydroxyl groups is 2. The van der Waals surface area contributed by atoms with Gasteiger partial charge in [-0.2, -0.15) is 0 Å². The number of β-amino-alcohol motifs (C(OH)–C–C–N with tert-alkyl or cyclic N) is 2. The Labute approximate surface area is 97.6 Å². The van der Waals surface area contributed by atoms with Crippen molar-refractivity contribution in [3.63, 3.8) is 0 Å². The second-order valence-electron chi connectivity index (χ2n) is 5.57. The predicted octanol–water partition coefficient (Wildman–Crippen LogP) is -0.196. The first-order valence-corrected chi connectivity index (χ1v) is 6.38. The molecule has 2 rings (SSSR count). The zero-order chi connectivity index (χ0) is 11.6. The molecule has 1 aliphatic carbocycles. The van der Waals surface area contributed by atoms with E-state index in [0.717, 1.165) is 13.1 Å². The number of aliphatic hydroxyl groups excluding tert-OH is 2. The van der Waals surface area contributed by atoms with Crippen LogP contribution in [0.15, 0.2) is 0 Å². The van der Waals surface area contributed by atoms with Crippen molar-refractivity contribution in [2.45, 2.75) is 37.9 Å². The van der Waals surface area contributed by atoms with Crippen LogP contribution in [-0.2, 0) is 0 Å². The molecule has 2 aliphatic rings. The second-order valence-corrected chi connectivity index (χ2v) is 5.57. The predicted molar refractivity (Wildman–Crippen MR) is 63.3 cm³/mol. The normalized spacial score (nSPS) is 34.7. The van der Waals surface area contributed by atoms with Gasteiger partial charge in [0.25, 0.3) is 0 Å². The van der Waals surface area contributed by atoms with E-state index in [2.05, 4.69) is 10.2 Å². The summed E-state index contributed by atoms with van der Waals surface area (Å²) in [5.74, 6) is 0. The van der Waals surface area contributed by atoms with Gasteiger partial charge in [0.15, 0.2) is 0 Å². The smallest absolute Gasteiger partial charge is 0.0938 e. The summed E-state index contributed by atoms with van der Waals surface area (Å²) < 4.78 is 0. The third-order valence-electron chi connectivity index (χ3n) is 4.11. The van der Waals surface area contributed by atoms with Gasteiger partial charge in [-0.15, -0.1) is 0 Å². The first-order valence-electron chi connectivity index (χ1n) is 6.38. The zero-order valence-electron chi connectivity index (χ0n) is 10.2. The van der Waals surface area contributed by atoms with Crippen molar-refractivity contribution in [1.82, 2.24) is 10.2 Å². The highest BCUT2D eigenvalue weighted by atomic mass is 16.3. The molecule has 4 heteroatoms. The summed E-state index contributed by atoms with van der Waals surface area (Å²) in [5.41, 5.74) is 0.374. The number of hydrogen-bond donors (Lipinski definition) is 3. The van der Waals surface area contributed by atoms with E-state index >= 15 is 0 Å². The Bertz CT molecular complexity index is 219. The van der Waals surface area contributed by atoms with Gasteiger partial charge in [-0.1, -0.05) is 12.8 Å². The Morgan fingerprint density at radius 1 is 1.19 bits per heavy atom. The molecule has 2 unspecified atom stereocenters. The van der Waals surface area contributed by atoms with E-state index in [1.165, 1.54) is 25.7 Å². The molecule has 4 nitrogen and oxygen atoms in total. The van der Waals surface area contributed by atoms with Crippen molar-refractivity contribution < 1.29 is 10.2 Å². The van der Waals surface area contributed by atoms with Crippen molar-refractivity contribution in [2.24, 2.45) is 5.41 Å². The minimum atomic E-state index is -0.548. The van der Waals surface area contributed by atoms with Gasteiger partial charge in [0, 0.05) is 26.2 Å². The molecular formula is C12H24N2O2. The van der Waals surface area contributed by atoms with E-state index < -0.39 is 12.2 Å². The summed E-state index contributed by atoms with van der Waals surface area (Å²) in [7, 11) is 2.01. The summed E-state index contributed by atoms with van der Waals surface area (Å²) in [5, 5.41) is 22.4. The average molecular weight is 228 g/mol. The molecule has 2 fully saturated rings. The number of likely N-dealkylation sites (tertiary alicyclic amines) is 1. The van der Waals surface area contributed by atoms with Crippen molar-refractivity contribution in [2.75, 3.05) is 33.2 Å². The van der Waals surface area contributed by atoms with E-state index in [4.69, 9.17) is 0 Å². The van der Waals surface area contributed by atoms with E-state index in [-0.39, 0.29) is 0 Å². The third-order valence-corrected chi connectivity index (χ3v) is 4.11. The maximum Gasteiger partial charge on any atom is 0.0938 e. The number of rotatable bonds is 4. The van der Waals surface area contributed by atoms with Gasteiger partial charge in [0.1, 0.15) is 0 Å². The van der Waals surface area contributed by atoms with Gasteiger partial charge in [-0.25, -0.2) is 0 Å². The highest BCUT2D eigenvalue weighted by Gasteiger charge is 2.38. The topological polar surface area (TPSA) is 55.7 Å². The fourth-order valence-electron chi connectivity index (χ4n) is 3.34. The standard InChI is InChI=1S/C12H24N2O2/c1-13-8-12(4-2-3-5-12)9-14-6-10(15)11(16)7-14/h10-11,13,15-16H,2-9H2,1H3. The van der Waals surface area contributed by atoms with Gasteiger partial charge in [-0.3, -0.25) is 4.90 Å². The minimum Gasteiger partial charge on any atom is -0.389 e. The maximum atomic E-state index is 9.55. The molecule has 1 heterocycles. The molecule has 0 amide bonds. The first-order chi connectivity index (χ1) is 7.65.